The fourth-order valence-electron chi connectivity index (χ4n) is 3.35. The molecule has 0 saturated carbocycles. The van der Waals surface area contributed by atoms with E-state index in [-0.39, 0.29) is 0 Å². The number of rotatable bonds is 9. The number of hydrogen-bond donors (Lipinski definition) is 3. The van der Waals surface area contributed by atoms with Crippen molar-refractivity contribution >= 4 is 29.5 Å². The molecule has 2 unspecified atom stereocenters. The Bertz CT molecular complexity index is 1250. The molecule has 4 amide bonds. The monoisotopic (exact) mass is 518 g/mol. The van der Waals surface area contributed by atoms with Crippen LogP contribution < -0.4 is 21.1 Å². The van der Waals surface area contributed by atoms with E-state index in [1.54, 1.807) is 69.3 Å². The van der Waals surface area contributed by atoms with Crippen LogP contribution in [0.15, 0.2) is 48.5 Å². The van der Waals surface area contributed by atoms with Crippen LogP contribution in [0.25, 0.3) is 0 Å². The largest absolute Gasteiger partial charge is 0.497 e. The van der Waals surface area contributed by atoms with Gasteiger partial charge in [0.15, 0.2) is 0 Å². The standard InChI is InChI=1S/C28H30N4O6/c1-7-18-9-11-19(12-10-18)24(25(34)30-20-13-15-21(37-6)16-14-20)32(8-2)26(35)22(17-23(29)33)31-27(36)38-28(3,4)5/h1-2,9-16,22,24H,17H2,3-6H3,(H2,29,33)(H,30,34)(H,31,36). The van der Waals surface area contributed by atoms with Crippen molar-refractivity contribution in [2.24, 2.45) is 5.73 Å². The van der Waals surface area contributed by atoms with Crippen molar-refractivity contribution in [2.45, 2.75) is 44.9 Å². The zero-order valence-corrected chi connectivity index (χ0v) is 21.6. The van der Waals surface area contributed by atoms with Gasteiger partial charge in [0.25, 0.3) is 11.8 Å². The Kier molecular flexibility index (Phi) is 9.89. The summed E-state index contributed by atoms with van der Waals surface area (Å²) < 4.78 is 10.3. The van der Waals surface area contributed by atoms with Crippen LogP contribution in [-0.2, 0) is 19.1 Å². The fourth-order valence-corrected chi connectivity index (χ4v) is 3.35. The first-order valence-corrected chi connectivity index (χ1v) is 11.5. The molecule has 0 aliphatic rings. The van der Waals surface area contributed by atoms with Gasteiger partial charge >= 0.3 is 6.09 Å². The molecule has 198 valence electrons. The number of nitrogens with two attached hydrogens (primary N) is 1. The molecular formula is C28H30N4O6. The highest BCUT2D eigenvalue weighted by Gasteiger charge is 2.36. The van der Waals surface area contributed by atoms with Gasteiger partial charge < -0.3 is 25.8 Å². The maximum absolute atomic E-state index is 13.6. The molecule has 2 aromatic rings. The number of methoxy groups -OCH3 is 1. The molecule has 0 fully saturated rings. The third kappa shape index (κ3) is 8.32. The van der Waals surface area contributed by atoms with Gasteiger partial charge in [-0.2, -0.15) is 0 Å². The molecule has 2 atom stereocenters. The second-order valence-electron chi connectivity index (χ2n) is 9.09. The van der Waals surface area contributed by atoms with Gasteiger partial charge in [0.2, 0.25) is 5.91 Å². The number of terminal acetylenes is 2. The maximum Gasteiger partial charge on any atom is 0.408 e. The molecule has 0 radical (unpaired) electrons. The van der Waals surface area contributed by atoms with E-state index in [1.165, 1.54) is 7.11 Å². The molecule has 0 aliphatic heterocycles. The molecule has 0 saturated heterocycles. The highest BCUT2D eigenvalue weighted by molar-refractivity contribution is 6.00. The van der Waals surface area contributed by atoms with Gasteiger partial charge in [0.05, 0.1) is 13.5 Å². The molecule has 4 N–H and O–H groups in total. The van der Waals surface area contributed by atoms with Gasteiger partial charge in [-0.1, -0.05) is 24.5 Å². The van der Waals surface area contributed by atoms with Gasteiger partial charge in [-0.25, -0.2) is 4.79 Å². The SMILES string of the molecule is C#Cc1ccc(C(C(=O)Nc2ccc(OC)cc2)N(C#C)C(=O)C(CC(N)=O)NC(=O)OC(C)(C)C)cc1. The van der Waals surface area contributed by atoms with Crippen molar-refractivity contribution in [1.29, 1.82) is 0 Å². The molecule has 2 rings (SSSR count). The van der Waals surface area contributed by atoms with Crippen LogP contribution in [0.1, 0.15) is 44.4 Å². The number of primary amides is 1. The number of nitrogens with one attached hydrogen (secondary N) is 2. The molecule has 0 heterocycles. The molecule has 0 bridgehead atoms. The first kappa shape index (κ1) is 29.3. The lowest BCUT2D eigenvalue weighted by molar-refractivity contribution is -0.138. The van der Waals surface area contributed by atoms with Crippen LogP contribution in [0.5, 0.6) is 5.75 Å². The van der Waals surface area contributed by atoms with Crippen molar-refractivity contribution in [3.05, 3.63) is 59.7 Å². The Morgan fingerprint density at radius 3 is 2.11 bits per heavy atom. The number of amides is 4. The lowest BCUT2D eigenvalue weighted by atomic mass is 10.0. The predicted molar refractivity (Wildman–Crippen MR) is 141 cm³/mol. The summed E-state index contributed by atoms with van der Waals surface area (Å²) in [5.41, 5.74) is 5.72. The van der Waals surface area contributed by atoms with E-state index in [0.29, 0.717) is 22.6 Å². The summed E-state index contributed by atoms with van der Waals surface area (Å²) in [5, 5.41) is 5.04. The van der Waals surface area contributed by atoms with Gasteiger partial charge in [-0.15, -0.1) is 6.42 Å². The molecule has 0 aromatic heterocycles. The van der Waals surface area contributed by atoms with Gasteiger partial charge in [-0.3, -0.25) is 19.3 Å². The summed E-state index contributed by atoms with van der Waals surface area (Å²) in [4.78, 5) is 52.0. The van der Waals surface area contributed by atoms with Crippen molar-refractivity contribution < 1.29 is 28.7 Å². The average molecular weight is 519 g/mol. The lowest BCUT2D eigenvalue weighted by Gasteiger charge is -2.30. The molecule has 10 nitrogen and oxygen atoms in total. The van der Waals surface area contributed by atoms with Crippen LogP contribution in [0, 0.1) is 24.8 Å². The Labute approximate surface area is 221 Å². The Hall–Kier alpha value is -4.96. The van der Waals surface area contributed by atoms with Crippen molar-refractivity contribution in [3.63, 3.8) is 0 Å². The van der Waals surface area contributed by atoms with Crippen LogP contribution in [0.3, 0.4) is 0 Å². The van der Waals surface area contributed by atoms with Crippen molar-refractivity contribution in [2.75, 3.05) is 12.4 Å². The number of carbonyl (C=O) groups excluding carboxylic acids is 4. The quantitative estimate of drug-likeness (QED) is 0.344. The van der Waals surface area contributed by atoms with Crippen LogP contribution in [0.4, 0.5) is 10.5 Å². The molecule has 10 heteroatoms. The third-order valence-corrected chi connectivity index (χ3v) is 5.03. The summed E-state index contributed by atoms with van der Waals surface area (Å²) in [7, 11) is 1.51. The van der Waals surface area contributed by atoms with E-state index in [9.17, 15) is 19.2 Å². The molecule has 38 heavy (non-hydrogen) atoms. The van der Waals surface area contributed by atoms with Gasteiger partial charge in [0.1, 0.15) is 23.4 Å². The summed E-state index contributed by atoms with van der Waals surface area (Å²) in [6.07, 6.45) is 9.59. The second-order valence-corrected chi connectivity index (χ2v) is 9.09. The van der Waals surface area contributed by atoms with Crippen LogP contribution >= 0.6 is 0 Å². The highest BCUT2D eigenvalue weighted by atomic mass is 16.6. The van der Waals surface area contributed by atoms with E-state index < -0.39 is 47.9 Å². The first-order valence-electron chi connectivity index (χ1n) is 11.5. The molecular weight excluding hydrogens is 488 g/mol. The predicted octanol–water partition coefficient (Wildman–Crippen LogP) is 2.54. The number of carbonyl (C=O) groups is 4. The number of alkyl carbamates (subject to hydrolysis) is 1. The molecule has 0 aliphatic carbocycles. The van der Waals surface area contributed by atoms with E-state index in [1.807, 2.05) is 0 Å². The molecule has 2 aromatic carbocycles. The summed E-state index contributed by atoms with van der Waals surface area (Å²) in [5.74, 6) is 0.583. The number of anilines is 1. The summed E-state index contributed by atoms with van der Waals surface area (Å²) in [6, 6.07) is 12.1. The Balaban J connectivity index is 2.47. The van der Waals surface area contributed by atoms with E-state index in [2.05, 4.69) is 22.6 Å². The number of ether oxygens (including phenoxy) is 2. The smallest absolute Gasteiger partial charge is 0.408 e. The van der Waals surface area contributed by atoms with Crippen molar-refractivity contribution in [3.8, 4) is 30.6 Å². The van der Waals surface area contributed by atoms with Gasteiger partial charge in [-0.05, 0) is 62.7 Å². The third-order valence-electron chi connectivity index (χ3n) is 5.03. The lowest BCUT2D eigenvalue weighted by Crippen LogP contribution is -2.52. The topological polar surface area (TPSA) is 140 Å². The Morgan fingerprint density at radius 1 is 1.03 bits per heavy atom. The minimum absolute atomic E-state index is 0.330. The highest BCUT2D eigenvalue weighted by Crippen LogP contribution is 2.25. The minimum atomic E-state index is -1.50. The van der Waals surface area contributed by atoms with Crippen LogP contribution in [-0.4, -0.2) is 47.5 Å². The Morgan fingerprint density at radius 2 is 1.63 bits per heavy atom. The zero-order valence-electron chi connectivity index (χ0n) is 21.6. The number of benzene rings is 2. The van der Waals surface area contributed by atoms with E-state index >= 15 is 0 Å². The second kappa shape index (κ2) is 12.8. The first-order chi connectivity index (χ1) is 17.9. The fraction of sp³-hybridized carbons (Fsp3) is 0.286. The number of nitrogens with zero attached hydrogens (tertiary/aromatic N) is 1. The molecule has 0 spiro atoms. The maximum atomic E-state index is 13.6. The minimum Gasteiger partial charge on any atom is -0.497 e. The normalized spacial score (nSPS) is 12.1. The summed E-state index contributed by atoms with van der Waals surface area (Å²) >= 11 is 0. The van der Waals surface area contributed by atoms with Crippen molar-refractivity contribution in [1.82, 2.24) is 10.2 Å². The number of hydrogen-bond acceptors (Lipinski definition) is 6. The van der Waals surface area contributed by atoms with E-state index in [4.69, 9.17) is 28.1 Å². The van der Waals surface area contributed by atoms with Gasteiger partial charge in [0, 0.05) is 17.3 Å². The average Bonchev–Trinajstić information content (AvgIpc) is 2.85. The zero-order chi connectivity index (χ0) is 28.5. The van der Waals surface area contributed by atoms with E-state index in [0.717, 1.165) is 4.90 Å². The summed E-state index contributed by atoms with van der Waals surface area (Å²) in [6.45, 7) is 4.89. The van der Waals surface area contributed by atoms with Crippen LogP contribution in [0.2, 0.25) is 0 Å².